The molecule has 1 saturated heterocycles. The Bertz CT molecular complexity index is 711. The molecule has 1 aromatic heterocycles. The van der Waals surface area contributed by atoms with Crippen molar-refractivity contribution in [1.82, 2.24) is 14.9 Å². The molecular formula is C18H24N4O. The maximum atomic E-state index is 12.2. The quantitative estimate of drug-likeness (QED) is 0.944. The average Bonchev–Trinajstić information content (AvgIpc) is 3.32. The zero-order chi connectivity index (χ0) is 15.8. The number of rotatable bonds is 4. The van der Waals surface area contributed by atoms with Gasteiger partial charge in [0.2, 0.25) is 11.9 Å². The Morgan fingerprint density at radius 2 is 1.96 bits per heavy atom. The highest BCUT2D eigenvalue weighted by molar-refractivity contribution is 5.80. The van der Waals surface area contributed by atoms with Crippen molar-refractivity contribution in [3.63, 3.8) is 0 Å². The van der Waals surface area contributed by atoms with Crippen LogP contribution in [0.5, 0.6) is 0 Å². The number of benzene rings is 1. The molecule has 2 aromatic rings. The van der Waals surface area contributed by atoms with Crippen LogP contribution < -0.4 is 10.2 Å². The van der Waals surface area contributed by atoms with Crippen LogP contribution >= 0.6 is 0 Å². The first-order valence-electron chi connectivity index (χ1n) is 8.77. The molecule has 0 atom stereocenters. The van der Waals surface area contributed by atoms with Gasteiger partial charge in [-0.3, -0.25) is 4.79 Å². The van der Waals surface area contributed by atoms with E-state index >= 15 is 0 Å². The number of amides is 1. The number of carbonyl (C=O) groups excluding carboxylic acids is 1. The number of anilines is 1. The molecule has 0 unspecified atom stereocenters. The number of aromatic nitrogens is 2. The van der Waals surface area contributed by atoms with Crippen LogP contribution in [0.25, 0.3) is 11.0 Å². The Morgan fingerprint density at radius 3 is 2.65 bits per heavy atom. The van der Waals surface area contributed by atoms with Crippen LogP contribution in [0, 0.1) is 5.92 Å². The Hall–Kier alpha value is -2.04. The predicted molar refractivity (Wildman–Crippen MR) is 91.5 cm³/mol. The standard InChI is InChI=1S/C18H24N4O/c1-2-22-16-6-4-3-5-15(16)20-18(22)21-11-9-13(10-12-21)17(23)19-14-7-8-14/h3-6,13-14H,2,7-12H2,1H3,(H,19,23). The van der Waals surface area contributed by atoms with E-state index in [1.165, 1.54) is 5.52 Å². The zero-order valence-corrected chi connectivity index (χ0v) is 13.7. The average molecular weight is 312 g/mol. The van der Waals surface area contributed by atoms with E-state index in [2.05, 4.69) is 39.9 Å². The van der Waals surface area contributed by atoms with Gasteiger partial charge < -0.3 is 14.8 Å². The summed E-state index contributed by atoms with van der Waals surface area (Å²) >= 11 is 0. The van der Waals surface area contributed by atoms with E-state index in [1.54, 1.807) is 0 Å². The van der Waals surface area contributed by atoms with Crippen LogP contribution in [-0.4, -0.2) is 34.6 Å². The molecule has 0 spiro atoms. The first kappa shape index (κ1) is 14.5. The molecule has 1 aromatic carbocycles. The van der Waals surface area contributed by atoms with E-state index in [-0.39, 0.29) is 11.8 Å². The summed E-state index contributed by atoms with van der Waals surface area (Å²) in [5.41, 5.74) is 2.25. The number of hydrogen-bond acceptors (Lipinski definition) is 3. The number of hydrogen-bond donors (Lipinski definition) is 1. The van der Waals surface area contributed by atoms with E-state index in [0.717, 1.165) is 56.8 Å². The molecule has 2 aliphatic rings. The summed E-state index contributed by atoms with van der Waals surface area (Å²) in [6.07, 6.45) is 4.16. The van der Waals surface area contributed by atoms with Crippen LogP contribution in [-0.2, 0) is 11.3 Å². The highest BCUT2D eigenvalue weighted by Gasteiger charge is 2.31. The summed E-state index contributed by atoms with van der Waals surface area (Å²) in [6.45, 7) is 4.89. The number of aryl methyl sites for hydroxylation is 1. The van der Waals surface area contributed by atoms with Gasteiger partial charge >= 0.3 is 0 Å². The van der Waals surface area contributed by atoms with Crippen molar-refractivity contribution in [3.05, 3.63) is 24.3 Å². The fraction of sp³-hybridized carbons (Fsp3) is 0.556. The monoisotopic (exact) mass is 312 g/mol. The van der Waals surface area contributed by atoms with Gasteiger partial charge in [-0.2, -0.15) is 0 Å². The summed E-state index contributed by atoms with van der Waals surface area (Å²) in [5, 5.41) is 3.14. The van der Waals surface area contributed by atoms with Crippen molar-refractivity contribution in [1.29, 1.82) is 0 Å². The minimum atomic E-state index is 0.173. The second-order valence-electron chi connectivity index (χ2n) is 6.69. The van der Waals surface area contributed by atoms with E-state index in [9.17, 15) is 4.79 Å². The van der Waals surface area contributed by atoms with E-state index < -0.39 is 0 Å². The fourth-order valence-corrected chi connectivity index (χ4v) is 3.50. The van der Waals surface area contributed by atoms with Crippen LogP contribution in [0.15, 0.2) is 24.3 Å². The summed E-state index contributed by atoms with van der Waals surface area (Å²) < 4.78 is 2.28. The van der Waals surface area contributed by atoms with Crippen molar-refractivity contribution < 1.29 is 4.79 Å². The van der Waals surface area contributed by atoms with Gasteiger partial charge in [-0.15, -0.1) is 0 Å². The van der Waals surface area contributed by atoms with Crippen LogP contribution in [0.3, 0.4) is 0 Å². The summed E-state index contributed by atoms with van der Waals surface area (Å²) in [7, 11) is 0. The highest BCUT2D eigenvalue weighted by atomic mass is 16.2. The molecule has 1 aliphatic carbocycles. The smallest absolute Gasteiger partial charge is 0.223 e. The lowest BCUT2D eigenvalue weighted by Gasteiger charge is -2.32. The number of piperidine rings is 1. The molecule has 1 amide bonds. The Morgan fingerprint density at radius 1 is 1.22 bits per heavy atom. The van der Waals surface area contributed by atoms with Crippen LogP contribution in [0.1, 0.15) is 32.6 Å². The molecule has 0 radical (unpaired) electrons. The van der Waals surface area contributed by atoms with Crippen LogP contribution in [0.2, 0.25) is 0 Å². The zero-order valence-electron chi connectivity index (χ0n) is 13.7. The largest absolute Gasteiger partial charge is 0.353 e. The Balaban J connectivity index is 1.48. The molecular weight excluding hydrogens is 288 g/mol. The van der Waals surface area contributed by atoms with Crippen molar-refractivity contribution >= 4 is 22.9 Å². The number of nitrogens with zero attached hydrogens (tertiary/aromatic N) is 3. The van der Waals surface area contributed by atoms with Gasteiger partial charge in [0.25, 0.3) is 0 Å². The first-order chi connectivity index (χ1) is 11.3. The van der Waals surface area contributed by atoms with Crippen molar-refractivity contribution in [2.75, 3.05) is 18.0 Å². The van der Waals surface area contributed by atoms with Gasteiger partial charge in [0, 0.05) is 31.6 Å². The SMILES string of the molecule is CCn1c(N2CCC(C(=O)NC3CC3)CC2)nc2ccccc21. The number of fused-ring (bicyclic) bond motifs is 1. The molecule has 0 bridgehead atoms. The molecule has 2 heterocycles. The molecule has 1 aliphatic heterocycles. The van der Waals surface area contributed by atoms with Gasteiger partial charge in [-0.05, 0) is 44.7 Å². The molecule has 5 nitrogen and oxygen atoms in total. The van der Waals surface area contributed by atoms with E-state index in [4.69, 9.17) is 4.98 Å². The summed E-state index contributed by atoms with van der Waals surface area (Å²) in [5.74, 6) is 1.48. The molecule has 4 rings (SSSR count). The minimum Gasteiger partial charge on any atom is -0.353 e. The van der Waals surface area contributed by atoms with Gasteiger partial charge in [-0.1, -0.05) is 12.1 Å². The second kappa shape index (κ2) is 5.87. The van der Waals surface area contributed by atoms with E-state index in [0.29, 0.717) is 6.04 Å². The molecule has 1 N–H and O–H groups in total. The summed E-state index contributed by atoms with van der Waals surface area (Å²) in [4.78, 5) is 19.4. The molecule has 1 saturated carbocycles. The van der Waals surface area contributed by atoms with Gasteiger partial charge in [-0.25, -0.2) is 4.98 Å². The second-order valence-corrected chi connectivity index (χ2v) is 6.69. The maximum Gasteiger partial charge on any atom is 0.223 e. The topological polar surface area (TPSA) is 50.2 Å². The minimum absolute atomic E-state index is 0.173. The normalized spacial score (nSPS) is 19.3. The van der Waals surface area contributed by atoms with Gasteiger partial charge in [0.1, 0.15) is 0 Å². The molecule has 2 fully saturated rings. The lowest BCUT2D eigenvalue weighted by atomic mass is 9.96. The van der Waals surface area contributed by atoms with Gasteiger partial charge in [0.05, 0.1) is 11.0 Å². The van der Waals surface area contributed by atoms with Crippen molar-refractivity contribution in [2.45, 2.75) is 45.2 Å². The number of para-hydroxylation sites is 2. The third-order valence-corrected chi connectivity index (χ3v) is 5.02. The van der Waals surface area contributed by atoms with Crippen molar-refractivity contribution in [3.8, 4) is 0 Å². The highest BCUT2D eigenvalue weighted by Crippen LogP contribution is 2.27. The molecule has 23 heavy (non-hydrogen) atoms. The first-order valence-corrected chi connectivity index (χ1v) is 8.77. The molecule has 5 heteroatoms. The number of carbonyl (C=O) groups is 1. The predicted octanol–water partition coefficient (Wildman–Crippen LogP) is 2.55. The lowest BCUT2D eigenvalue weighted by molar-refractivity contribution is -0.125. The third-order valence-electron chi connectivity index (χ3n) is 5.02. The summed E-state index contributed by atoms with van der Waals surface area (Å²) in [6, 6.07) is 8.76. The van der Waals surface area contributed by atoms with Gasteiger partial charge in [0.15, 0.2) is 0 Å². The maximum absolute atomic E-state index is 12.2. The number of nitrogens with one attached hydrogen (secondary N) is 1. The van der Waals surface area contributed by atoms with E-state index in [1.807, 2.05) is 6.07 Å². The Kier molecular flexibility index (Phi) is 3.71. The van der Waals surface area contributed by atoms with Crippen molar-refractivity contribution in [2.24, 2.45) is 5.92 Å². The molecule has 122 valence electrons. The Labute approximate surface area is 136 Å². The number of imidazole rings is 1. The fourth-order valence-electron chi connectivity index (χ4n) is 3.50. The third kappa shape index (κ3) is 2.80. The lowest BCUT2D eigenvalue weighted by Crippen LogP contribution is -2.42. The van der Waals surface area contributed by atoms with Crippen LogP contribution in [0.4, 0.5) is 5.95 Å².